The topological polar surface area (TPSA) is 38.7 Å². The molecule has 3 heteroatoms. The molecular weight excluding hydrogens is 162 g/mol. The normalized spacial score (nSPS) is 9.85. The van der Waals surface area contributed by atoms with E-state index in [9.17, 15) is 0 Å². The summed E-state index contributed by atoms with van der Waals surface area (Å²) in [5.74, 6) is 3.21. The quantitative estimate of drug-likeness (QED) is 0.558. The lowest BCUT2D eigenvalue weighted by Crippen LogP contribution is -1.93. The number of hydrogen-bond acceptors (Lipinski definition) is 3. The van der Waals surface area contributed by atoms with Gasteiger partial charge in [0.15, 0.2) is 0 Å². The molecule has 0 saturated heterocycles. The summed E-state index contributed by atoms with van der Waals surface area (Å²) in [5.41, 5.74) is 1.42. The van der Waals surface area contributed by atoms with Gasteiger partial charge in [-0.1, -0.05) is 0 Å². The third-order valence-electron chi connectivity index (χ3n) is 1.75. The Hall–Kier alpha value is -1.95. The summed E-state index contributed by atoms with van der Waals surface area (Å²) >= 11 is 0. The molecule has 0 saturated carbocycles. The van der Waals surface area contributed by atoms with Crippen molar-refractivity contribution in [3.63, 3.8) is 0 Å². The van der Waals surface area contributed by atoms with Crippen LogP contribution in [0.1, 0.15) is 11.5 Å². The Morgan fingerprint density at radius 3 is 3.00 bits per heavy atom. The number of aromatic nitrogens is 3. The van der Waals surface area contributed by atoms with Crippen molar-refractivity contribution in [1.82, 2.24) is 15.0 Å². The Labute approximate surface area is 75.9 Å². The molecule has 0 atom stereocenters. The molecule has 2 aromatic rings. The van der Waals surface area contributed by atoms with Crippen LogP contribution < -0.4 is 0 Å². The molecule has 62 valence electrons. The molecular formula is C10H7N3. The van der Waals surface area contributed by atoms with E-state index in [-0.39, 0.29) is 0 Å². The van der Waals surface area contributed by atoms with E-state index < -0.39 is 0 Å². The fourth-order valence-electron chi connectivity index (χ4n) is 1.21. The summed E-state index contributed by atoms with van der Waals surface area (Å²) < 4.78 is 0. The number of hydrogen-bond donors (Lipinski definition) is 0. The summed E-state index contributed by atoms with van der Waals surface area (Å²) in [7, 11) is 0. The molecule has 0 radical (unpaired) electrons. The fraction of sp³-hybridized carbons (Fsp3) is 0.100. The molecule has 0 aliphatic heterocycles. The highest BCUT2D eigenvalue weighted by molar-refractivity contribution is 5.82. The lowest BCUT2D eigenvalue weighted by Gasteiger charge is -1.99. The summed E-state index contributed by atoms with van der Waals surface area (Å²) in [6.45, 7) is 1.81. The minimum Gasteiger partial charge on any atom is -0.262 e. The average molecular weight is 169 g/mol. The van der Waals surface area contributed by atoms with Crippen LogP contribution in [0.15, 0.2) is 18.5 Å². The number of nitrogens with zero attached hydrogens (tertiary/aromatic N) is 3. The molecule has 2 aromatic heterocycles. The van der Waals surface area contributed by atoms with Crippen molar-refractivity contribution in [3.05, 3.63) is 30.0 Å². The first-order valence-corrected chi connectivity index (χ1v) is 3.86. The number of aryl methyl sites for hydroxylation is 1. The molecule has 2 heterocycles. The van der Waals surface area contributed by atoms with Gasteiger partial charge in [0, 0.05) is 11.6 Å². The predicted octanol–water partition coefficient (Wildman–Crippen LogP) is 1.31. The second-order valence-electron chi connectivity index (χ2n) is 2.66. The van der Waals surface area contributed by atoms with Crippen LogP contribution >= 0.6 is 0 Å². The minimum absolute atomic E-state index is 0.630. The van der Waals surface area contributed by atoms with Gasteiger partial charge in [-0.25, -0.2) is 9.97 Å². The first kappa shape index (κ1) is 7.69. The molecule has 0 aliphatic carbocycles. The van der Waals surface area contributed by atoms with Crippen LogP contribution in [0.2, 0.25) is 0 Å². The Kier molecular flexibility index (Phi) is 1.67. The maximum atomic E-state index is 5.32. The third-order valence-corrected chi connectivity index (χ3v) is 1.75. The van der Waals surface area contributed by atoms with E-state index in [1.807, 2.05) is 13.0 Å². The van der Waals surface area contributed by atoms with Crippen LogP contribution in [0.4, 0.5) is 0 Å². The van der Waals surface area contributed by atoms with Crippen molar-refractivity contribution in [3.8, 4) is 12.3 Å². The summed E-state index contributed by atoms with van der Waals surface area (Å²) in [6, 6.07) is 1.82. The van der Waals surface area contributed by atoms with Gasteiger partial charge in [0.25, 0.3) is 0 Å². The Bertz CT molecular complexity index is 497. The van der Waals surface area contributed by atoms with Crippen molar-refractivity contribution in [1.29, 1.82) is 0 Å². The standard InChI is InChI=1S/C10H7N3/c1-3-9-8-4-5-11-6-10(8)13-7(2)12-9/h1,4-6H,2H3. The summed E-state index contributed by atoms with van der Waals surface area (Å²) in [4.78, 5) is 12.3. The van der Waals surface area contributed by atoms with Gasteiger partial charge in [-0.2, -0.15) is 0 Å². The molecule has 0 bridgehead atoms. The second-order valence-corrected chi connectivity index (χ2v) is 2.66. The van der Waals surface area contributed by atoms with Crippen molar-refractivity contribution in [2.24, 2.45) is 0 Å². The molecule has 0 fully saturated rings. The molecule has 0 amide bonds. The van der Waals surface area contributed by atoms with Gasteiger partial charge in [0.2, 0.25) is 0 Å². The van der Waals surface area contributed by atoms with E-state index in [1.54, 1.807) is 12.4 Å². The van der Waals surface area contributed by atoms with Crippen LogP contribution in [-0.4, -0.2) is 15.0 Å². The maximum Gasteiger partial charge on any atom is 0.127 e. The Balaban J connectivity index is 2.91. The molecule has 0 N–H and O–H groups in total. The highest BCUT2D eigenvalue weighted by atomic mass is 14.9. The van der Waals surface area contributed by atoms with E-state index in [2.05, 4.69) is 20.9 Å². The fourth-order valence-corrected chi connectivity index (χ4v) is 1.21. The Morgan fingerprint density at radius 2 is 2.23 bits per heavy atom. The SMILES string of the molecule is C#Cc1nc(C)nc2cnccc12. The number of terminal acetylenes is 1. The van der Waals surface area contributed by atoms with Crippen LogP contribution in [0, 0.1) is 19.3 Å². The zero-order chi connectivity index (χ0) is 9.26. The van der Waals surface area contributed by atoms with Gasteiger partial charge < -0.3 is 0 Å². The zero-order valence-electron chi connectivity index (χ0n) is 7.15. The number of fused-ring (bicyclic) bond motifs is 1. The summed E-state index contributed by atoms with van der Waals surface area (Å²) in [6.07, 6.45) is 8.69. The van der Waals surface area contributed by atoms with Crippen molar-refractivity contribution in [2.45, 2.75) is 6.92 Å². The van der Waals surface area contributed by atoms with E-state index in [0.29, 0.717) is 11.5 Å². The van der Waals surface area contributed by atoms with Gasteiger partial charge in [0.1, 0.15) is 11.5 Å². The van der Waals surface area contributed by atoms with Gasteiger partial charge in [-0.3, -0.25) is 4.98 Å². The molecule has 0 spiro atoms. The predicted molar refractivity (Wildman–Crippen MR) is 50.0 cm³/mol. The first-order chi connectivity index (χ1) is 6.31. The lowest BCUT2D eigenvalue weighted by atomic mass is 10.2. The molecule has 13 heavy (non-hydrogen) atoms. The average Bonchev–Trinajstić information content (AvgIpc) is 2.16. The minimum atomic E-state index is 0.630. The highest BCUT2D eigenvalue weighted by Crippen LogP contribution is 2.12. The van der Waals surface area contributed by atoms with Gasteiger partial charge >= 0.3 is 0 Å². The molecule has 0 unspecified atom stereocenters. The van der Waals surface area contributed by atoms with Crippen molar-refractivity contribution < 1.29 is 0 Å². The van der Waals surface area contributed by atoms with Crippen LogP contribution in [0.25, 0.3) is 10.9 Å². The number of pyridine rings is 1. The maximum absolute atomic E-state index is 5.32. The van der Waals surface area contributed by atoms with Gasteiger partial charge in [-0.05, 0) is 18.9 Å². The van der Waals surface area contributed by atoms with Crippen molar-refractivity contribution in [2.75, 3.05) is 0 Å². The van der Waals surface area contributed by atoms with Gasteiger partial charge in [0.05, 0.1) is 11.7 Å². The van der Waals surface area contributed by atoms with Crippen LogP contribution in [0.3, 0.4) is 0 Å². The largest absolute Gasteiger partial charge is 0.262 e. The number of rotatable bonds is 0. The van der Waals surface area contributed by atoms with E-state index >= 15 is 0 Å². The summed E-state index contributed by atoms with van der Waals surface area (Å²) in [5, 5.41) is 0.878. The zero-order valence-corrected chi connectivity index (χ0v) is 7.15. The smallest absolute Gasteiger partial charge is 0.127 e. The first-order valence-electron chi connectivity index (χ1n) is 3.86. The van der Waals surface area contributed by atoms with E-state index in [1.165, 1.54) is 0 Å². The van der Waals surface area contributed by atoms with Crippen molar-refractivity contribution >= 4 is 10.9 Å². The molecule has 0 aromatic carbocycles. The molecule has 2 rings (SSSR count). The molecule has 3 nitrogen and oxygen atoms in total. The Morgan fingerprint density at radius 1 is 1.38 bits per heavy atom. The van der Waals surface area contributed by atoms with Crippen LogP contribution in [-0.2, 0) is 0 Å². The van der Waals surface area contributed by atoms with E-state index in [4.69, 9.17) is 6.42 Å². The highest BCUT2D eigenvalue weighted by Gasteiger charge is 2.01. The van der Waals surface area contributed by atoms with E-state index in [0.717, 1.165) is 10.9 Å². The third kappa shape index (κ3) is 1.23. The lowest BCUT2D eigenvalue weighted by molar-refractivity contribution is 1.07. The monoisotopic (exact) mass is 169 g/mol. The van der Waals surface area contributed by atoms with Crippen LogP contribution in [0.5, 0.6) is 0 Å². The second kappa shape index (κ2) is 2.83. The molecule has 0 aliphatic rings. The van der Waals surface area contributed by atoms with Gasteiger partial charge in [-0.15, -0.1) is 6.42 Å².